The van der Waals surface area contributed by atoms with E-state index in [2.05, 4.69) is 20.8 Å². The van der Waals surface area contributed by atoms with E-state index in [4.69, 9.17) is 10.5 Å². The average Bonchev–Trinajstić information content (AvgIpc) is 3.06. The van der Waals surface area contributed by atoms with Gasteiger partial charge in [0, 0.05) is 19.6 Å². The van der Waals surface area contributed by atoms with Crippen LogP contribution in [0.2, 0.25) is 0 Å². The fraction of sp³-hybridized carbons (Fsp3) is 0.963. The molecule has 6 unspecified atom stereocenters. The van der Waals surface area contributed by atoms with Crippen LogP contribution in [-0.2, 0) is 4.74 Å². The predicted octanol–water partition coefficient (Wildman–Crippen LogP) is 6.23. The summed E-state index contributed by atoms with van der Waals surface area (Å²) in [6.45, 7) is 8.26. The Hall–Kier alpha value is -0.770. The molecule has 178 valence electrons. The molecule has 4 aliphatic rings. The van der Waals surface area contributed by atoms with Gasteiger partial charge in [-0.2, -0.15) is 0 Å². The molecule has 4 saturated carbocycles. The summed E-state index contributed by atoms with van der Waals surface area (Å²) in [6.07, 6.45) is 15.6. The van der Waals surface area contributed by atoms with Gasteiger partial charge in [-0.3, -0.25) is 0 Å². The molecule has 4 nitrogen and oxygen atoms in total. The first-order valence-electron chi connectivity index (χ1n) is 13.3. The summed E-state index contributed by atoms with van der Waals surface area (Å²) >= 11 is 0. The summed E-state index contributed by atoms with van der Waals surface area (Å²) in [6, 6.07) is 0. The molecule has 2 N–H and O–H groups in total. The van der Waals surface area contributed by atoms with Gasteiger partial charge in [0.15, 0.2) is 0 Å². The Morgan fingerprint density at radius 2 is 1.77 bits per heavy atom. The predicted molar refractivity (Wildman–Crippen MR) is 127 cm³/mol. The molecule has 0 spiro atoms. The zero-order valence-electron chi connectivity index (χ0n) is 20.9. The molecule has 4 heteroatoms. The molecule has 4 rings (SSSR count). The lowest BCUT2D eigenvalue weighted by molar-refractivity contribution is -0.144. The van der Waals surface area contributed by atoms with Crippen LogP contribution in [0.3, 0.4) is 0 Å². The minimum atomic E-state index is -0.218. The zero-order chi connectivity index (χ0) is 22.4. The van der Waals surface area contributed by atoms with Crippen molar-refractivity contribution in [2.75, 3.05) is 20.7 Å². The Morgan fingerprint density at radius 1 is 1.03 bits per heavy atom. The van der Waals surface area contributed by atoms with Crippen molar-refractivity contribution in [2.24, 2.45) is 46.2 Å². The van der Waals surface area contributed by atoms with Gasteiger partial charge in [0.25, 0.3) is 0 Å². The molecule has 0 radical (unpaired) electrons. The smallest absolute Gasteiger partial charge is 0.409 e. The van der Waals surface area contributed by atoms with Crippen molar-refractivity contribution >= 4 is 6.09 Å². The highest BCUT2D eigenvalue weighted by molar-refractivity contribution is 5.66. The number of ether oxygens (including phenoxy) is 1. The summed E-state index contributed by atoms with van der Waals surface area (Å²) in [5.41, 5.74) is 8.18. The highest BCUT2D eigenvalue weighted by Crippen LogP contribution is 2.69. The second kappa shape index (κ2) is 8.54. The number of amides is 1. The third-order valence-corrected chi connectivity index (χ3v) is 11.1. The highest BCUT2D eigenvalue weighted by atomic mass is 16.6. The van der Waals surface area contributed by atoms with Crippen LogP contribution >= 0.6 is 0 Å². The topological polar surface area (TPSA) is 55.6 Å². The van der Waals surface area contributed by atoms with Crippen molar-refractivity contribution in [3.05, 3.63) is 0 Å². The lowest BCUT2D eigenvalue weighted by Crippen LogP contribution is -2.68. The number of hydrogen-bond acceptors (Lipinski definition) is 3. The Bertz CT molecular complexity index is 666. The minimum Gasteiger partial charge on any atom is -0.449 e. The molecule has 0 aromatic rings. The third-order valence-electron chi connectivity index (χ3n) is 11.1. The van der Waals surface area contributed by atoms with Crippen LogP contribution in [0.4, 0.5) is 4.79 Å². The summed E-state index contributed by atoms with van der Waals surface area (Å²) < 4.78 is 5.33. The molecule has 0 bridgehead atoms. The van der Waals surface area contributed by atoms with Crippen molar-refractivity contribution in [1.29, 1.82) is 0 Å². The number of carbonyl (C=O) groups excluding carboxylic acids is 1. The first kappa shape index (κ1) is 23.4. The van der Waals surface area contributed by atoms with Crippen LogP contribution in [0, 0.1) is 40.4 Å². The fourth-order valence-corrected chi connectivity index (χ4v) is 9.16. The number of carbonyl (C=O) groups is 1. The standard InChI is InChI=1S/C27H48N2O2/c1-19-18-21-22-12-11-20(10-6-9-17-31-24(30)29(4)5)25(22,2)16-13-23(21)26(3)14-7-8-15-27(19,26)28/h19-23H,6-18,28H2,1-5H3/t19-,20?,21?,22?,23-,25?,26?,27?/m0/s1. The molecule has 4 aliphatic carbocycles. The summed E-state index contributed by atoms with van der Waals surface area (Å²) in [5.74, 6) is 4.14. The second-order valence-electron chi connectivity index (χ2n) is 12.5. The molecule has 0 aliphatic heterocycles. The lowest BCUT2D eigenvalue weighted by atomic mass is 9.40. The average molecular weight is 433 g/mol. The Labute approximate surface area is 191 Å². The van der Waals surface area contributed by atoms with E-state index in [1.807, 2.05) is 0 Å². The Morgan fingerprint density at radius 3 is 2.52 bits per heavy atom. The number of fused-ring (bicyclic) bond motifs is 5. The van der Waals surface area contributed by atoms with Crippen molar-refractivity contribution in [3.8, 4) is 0 Å². The fourth-order valence-electron chi connectivity index (χ4n) is 9.16. The second-order valence-corrected chi connectivity index (χ2v) is 12.5. The zero-order valence-corrected chi connectivity index (χ0v) is 20.9. The highest BCUT2D eigenvalue weighted by Gasteiger charge is 2.64. The van der Waals surface area contributed by atoms with E-state index < -0.39 is 0 Å². The molecule has 0 aromatic heterocycles. The number of nitrogens with two attached hydrogens (primary N) is 1. The van der Waals surface area contributed by atoms with Crippen LogP contribution in [0.1, 0.15) is 97.8 Å². The van der Waals surface area contributed by atoms with Crippen molar-refractivity contribution in [1.82, 2.24) is 4.90 Å². The van der Waals surface area contributed by atoms with Gasteiger partial charge in [-0.05, 0) is 105 Å². The quantitative estimate of drug-likeness (QED) is 0.524. The molecular weight excluding hydrogens is 384 g/mol. The van der Waals surface area contributed by atoms with Crippen LogP contribution in [-0.4, -0.2) is 37.2 Å². The molecule has 0 heterocycles. The molecule has 31 heavy (non-hydrogen) atoms. The molecule has 0 saturated heterocycles. The minimum absolute atomic E-state index is 0.0716. The van der Waals surface area contributed by atoms with Crippen molar-refractivity contribution in [2.45, 2.75) is 103 Å². The van der Waals surface area contributed by atoms with E-state index in [0.717, 1.165) is 30.1 Å². The monoisotopic (exact) mass is 432 g/mol. The van der Waals surface area contributed by atoms with Gasteiger partial charge in [-0.15, -0.1) is 0 Å². The molecule has 0 aromatic carbocycles. The van der Waals surface area contributed by atoms with Crippen LogP contribution < -0.4 is 5.73 Å². The molecular formula is C27H48N2O2. The van der Waals surface area contributed by atoms with Gasteiger partial charge in [0.05, 0.1) is 6.61 Å². The summed E-state index contributed by atoms with van der Waals surface area (Å²) in [5, 5.41) is 0. The molecule has 4 fully saturated rings. The summed E-state index contributed by atoms with van der Waals surface area (Å²) in [7, 11) is 3.49. The summed E-state index contributed by atoms with van der Waals surface area (Å²) in [4.78, 5) is 13.1. The van der Waals surface area contributed by atoms with Crippen molar-refractivity contribution < 1.29 is 9.53 Å². The maximum absolute atomic E-state index is 11.6. The third kappa shape index (κ3) is 3.73. The van der Waals surface area contributed by atoms with E-state index >= 15 is 0 Å². The SMILES string of the molecule is C[C@H]1CC2C3CCC(CCCCOC(=O)N(C)C)C3(C)CC[C@@H]2C2(C)CCCCC12N. The Balaban J connectivity index is 1.39. The lowest BCUT2D eigenvalue weighted by Gasteiger charge is -2.66. The molecule has 8 atom stereocenters. The number of unbranched alkanes of at least 4 members (excludes halogenated alkanes) is 1. The normalized spacial score (nSPS) is 46.6. The van der Waals surface area contributed by atoms with E-state index in [-0.39, 0.29) is 11.6 Å². The van der Waals surface area contributed by atoms with E-state index in [1.54, 1.807) is 14.1 Å². The maximum Gasteiger partial charge on any atom is 0.409 e. The van der Waals surface area contributed by atoms with Gasteiger partial charge in [-0.25, -0.2) is 4.79 Å². The van der Waals surface area contributed by atoms with E-state index in [1.165, 1.54) is 75.5 Å². The van der Waals surface area contributed by atoms with Gasteiger partial charge in [-0.1, -0.05) is 33.6 Å². The number of rotatable bonds is 5. The van der Waals surface area contributed by atoms with Crippen LogP contribution in [0.25, 0.3) is 0 Å². The molecule has 1 amide bonds. The van der Waals surface area contributed by atoms with E-state index in [0.29, 0.717) is 23.4 Å². The Kier molecular flexibility index (Phi) is 6.44. The van der Waals surface area contributed by atoms with Gasteiger partial charge >= 0.3 is 6.09 Å². The van der Waals surface area contributed by atoms with Crippen LogP contribution in [0.5, 0.6) is 0 Å². The van der Waals surface area contributed by atoms with Gasteiger partial charge in [0.2, 0.25) is 0 Å². The van der Waals surface area contributed by atoms with Gasteiger partial charge in [0.1, 0.15) is 0 Å². The van der Waals surface area contributed by atoms with Crippen LogP contribution in [0.15, 0.2) is 0 Å². The first-order valence-corrected chi connectivity index (χ1v) is 13.3. The number of nitrogens with zero attached hydrogens (tertiary/aromatic N) is 1. The largest absolute Gasteiger partial charge is 0.449 e. The first-order chi connectivity index (χ1) is 14.6. The number of hydrogen-bond donors (Lipinski definition) is 1. The van der Waals surface area contributed by atoms with Gasteiger partial charge < -0.3 is 15.4 Å². The maximum atomic E-state index is 11.6. The van der Waals surface area contributed by atoms with Crippen molar-refractivity contribution in [3.63, 3.8) is 0 Å². The van der Waals surface area contributed by atoms with E-state index in [9.17, 15) is 4.79 Å².